The van der Waals surface area contributed by atoms with Gasteiger partial charge in [-0.2, -0.15) is 0 Å². The quantitative estimate of drug-likeness (QED) is 0.753. The van der Waals surface area contributed by atoms with Crippen LogP contribution in [0.2, 0.25) is 0 Å². The third-order valence-electron chi connectivity index (χ3n) is 2.76. The maximum atomic E-state index is 5.68. The Kier molecular flexibility index (Phi) is 4.60. The van der Waals surface area contributed by atoms with Crippen LogP contribution in [0.4, 0.5) is 0 Å². The first kappa shape index (κ1) is 12.4. The van der Waals surface area contributed by atoms with Gasteiger partial charge in [0.25, 0.3) is 0 Å². The van der Waals surface area contributed by atoms with Gasteiger partial charge in [-0.15, -0.1) is 0 Å². The molecule has 0 saturated carbocycles. The van der Waals surface area contributed by atoms with Gasteiger partial charge in [-0.25, -0.2) is 0 Å². The minimum Gasteiger partial charge on any atom is -0.490 e. The molecular formula is C17H18O. The minimum absolute atomic E-state index is 0.599. The lowest BCUT2D eigenvalue weighted by Gasteiger charge is -2.04. The molecule has 2 aromatic carbocycles. The van der Waals surface area contributed by atoms with Crippen molar-refractivity contribution in [2.24, 2.45) is 0 Å². The normalized spacial score (nSPS) is 10.7. The van der Waals surface area contributed by atoms with Gasteiger partial charge in [0.05, 0.1) is 0 Å². The topological polar surface area (TPSA) is 9.23 Å². The zero-order valence-electron chi connectivity index (χ0n) is 10.7. The molecule has 0 spiro atoms. The molecule has 0 unspecified atom stereocenters. The molecule has 2 aromatic rings. The van der Waals surface area contributed by atoms with Gasteiger partial charge in [-0.3, -0.25) is 0 Å². The first-order valence-electron chi connectivity index (χ1n) is 6.32. The molecule has 0 saturated heterocycles. The number of rotatable bonds is 5. The molecule has 0 atom stereocenters. The molecule has 0 aliphatic heterocycles. The van der Waals surface area contributed by atoms with Crippen LogP contribution in [-0.2, 0) is 6.42 Å². The number of hydrogen-bond acceptors (Lipinski definition) is 1. The summed E-state index contributed by atoms with van der Waals surface area (Å²) in [5.74, 6) is 0.937. The summed E-state index contributed by atoms with van der Waals surface area (Å²) in [6.07, 6.45) is 5.15. The van der Waals surface area contributed by atoms with Crippen LogP contribution in [0, 0.1) is 0 Å². The van der Waals surface area contributed by atoms with Crippen molar-refractivity contribution in [2.45, 2.75) is 13.3 Å². The predicted molar refractivity (Wildman–Crippen MR) is 76.8 cm³/mol. The Morgan fingerprint density at radius 2 is 1.83 bits per heavy atom. The lowest BCUT2D eigenvalue weighted by Crippen LogP contribution is -1.93. The highest BCUT2D eigenvalue weighted by atomic mass is 16.5. The third-order valence-corrected chi connectivity index (χ3v) is 2.76. The molecule has 0 aliphatic carbocycles. The highest BCUT2D eigenvalue weighted by molar-refractivity contribution is 5.48. The molecule has 0 heterocycles. The Labute approximate surface area is 109 Å². The lowest BCUT2D eigenvalue weighted by molar-refractivity contribution is 0.363. The summed E-state index contributed by atoms with van der Waals surface area (Å²) in [6.45, 7) is 2.75. The van der Waals surface area contributed by atoms with Crippen LogP contribution < -0.4 is 4.74 Å². The second kappa shape index (κ2) is 6.65. The number of aryl methyl sites for hydroxylation is 1. The lowest BCUT2D eigenvalue weighted by atomic mass is 10.2. The van der Waals surface area contributed by atoms with Crippen LogP contribution in [0.25, 0.3) is 6.08 Å². The van der Waals surface area contributed by atoms with Crippen molar-refractivity contribution >= 4 is 6.08 Å². The fourth-order valence-corrected chi connectivity index (χ4v) is 1.75. The van der Waals surface area contributed by atoms with Crippen molar-refractivity contribution in [1.29, 1.82) is 0 Å². The molecule has 0 bridgehead atoms. The van der Waals surface area contributed by atoms with E-state index in [0.717, 1.165) is 12.2 Å². The summed E-state index contributed by atoms with van der Waals surface area (Å²) in [5.41, 5.74) is 2.50. The summed E-state index contributed by atoms with van der Waals surface area (Å²) in [6, 6.07) is 18.5. The second-order valence-electron chi connectivity index (χ2n) is 4.13. The van der Waals surface area contributed by atoms with Crippen molar-refractivity contribution in [2.75, 3.05) is 6.61 Å². The monoisotopic (exact) mass is 238 g/mol. The van der Waals surface area contributed by atoms with Crippen molar-refractivity contribution < 1.29 is 4.74 Å². The Balaban J connectivity index is 1.86. The number of benzene rings is 2. The fraction of sp³-hybridized carbons (Fsp3) is 0.176. The molecule has 18 heavy (non-hydrogen) atoms. The smallest absolute Gasteiger partial charge is 0.120 e. The van der Waals surface area contributed by atoms with Crippen LogP contribution in [0.5, 0.6) is 5.75 Å². The minimum atomic E-state index is 0.599. The predicted octanol–water partition coefficient (Wildman–Crippen LogP) is 4.34. The van der Waals surface area contributed by atoms with Gasteiger partial charge in [0.2, 0.25) is 0 Å². The van der Waals surface area contributed by atoms with Crippen molar-refractivity contribution in [3.8, 4) is 5.75 Å². The van der Waals surface area contributed by atoms with E-state index < -0.39 is 0 Å². The van der Waals surface area contributed by atoms with Crippen molar-refractivity contribution in [1.82, 2.24) is 0 Å². The maximum Gasteiger partial charge on any atom is 0.120 e. The molecule has 0 amide bonds. The number of ether oxygens (including phenoxy) is 1. The first-order valence-corrected chi connectivity index (χ1v) is 6.32. The standard InChI is InChI=1S/C17H18O/c1-2-15-10-6-12-17(14-15)18-13-7-11-16-8-4-3-5-9-16/h3-12,14H,2,13H2,1H3. The van der Waals surface area contributed by atoms with Gasteiger partial charge in [-0.1, -0.05) is 55.5 Å². The van der Waals surface area contributed by atoms with Gasteiger partial charge in [0, 0.05) is 0 Å². The van der Waals surface area contributed by atoms with E-state index in [1.807, 2.05) is 36.4 Å². The zero-order chi connectivity index (χ0) is 12.6. The molecule has 2 rings (SSSR count). The van der Waals surface area contributed by atoms with E-state index in [2.05, 4.69) is 37.3 Å². The number of hydrogen-bond donors (Lipinski definition) is 0. The molecule has 1 nitrogen and oxygen atoms in total. The van der Waals surface area contributed by atoms with E-state index in [-0.39, 0.29) is 0 Å². The largest absolute Gasteiger partial charge is 0.490 e. The first-order chi connectivity index (χ1) is 8.88. The summed E-state index contributed by atoms with van der Waals surface area (Å²) in [5, 5.41) is 0. The summed E-state index contributed by atoms with van der Waals surface area (Å²) >= 11 is 0. The second-order valence-corrected chi connectivity index (χ2v) is 4.13. The van der Waals surface area contributed by atoms with Crippen LogP contribution in [0.15, 0.2) is 60.7 Å². The highest BCUT2D eigenvalue weighted by Crippen LogP contribution is 2.13. The van der Waals surface area contributed by atoms with Gasteiger partial charge < -0.3 is 4.74 Å². The highest BCUT2D eigenvalue weighted by Gasteiger charge is 1.93. The average molecular weight is 238 g/mol. The van der Waals surface area contributed by atoms with E-state index in [9.17, 15) is 0 Å². The summed E-state index contributed by atoms with van der Waals surface area (Å²) in [7, 11) is 0. The molecule has 92 valence electrons. The van der Waals surface area contributed by atoms with Gasteiger partial charge in [0.1, 0.15) is 12.4 Å². The molecule has 0 aliphatic rings. The summed E-state index contributed by atoms with van der Waals surface area (Å²) in [4.78, 5) is 0. The molecule has 0 radical (unpaired) electrons. The molecule has 1 heteroatoms. The van der Waals surface area contributed by atoms with E-state index >= 15 is 0 Å². The average Bonchev–Trinajstić information content (AvgIpc) is 2.45. The van der Waals surface area contributed by atoms with E-state index in [1.165, 1.54) is 11.1 Å². The van der Waals surface area contributed by atoms with Crippen molar-refractivity contribution in [3.05, 3.63) is 71.8 Å². The summed E-state index contributed by atoms with van der Waals surface area (Å²) < 4.78 is 5.68. The zero-order valence-corrected chi connectivity index (χ0v) is 10.7. The van der Waals surface area contributed by atoms with Crippen molar-refractivity contribution in [3.63, 3.8) is 0 Å². The third kappa shape index (κ3) is 3.77. The van der Waals surface area contributed by atoms with Crippen LogP contribution in [0.1, 0.15) is 18.1 Å². The van der Waals surface area contributed by atoms with Gasteiger partial charge in [-0.05, 0) is 35.8 Å². The fourth-order valence-electron chi connectivity index (χ4n) is 1.75. The van der Waals surface area contributed by atoms with Crippen LogP contribution >= 0.6 is 0 Å². The Hall–Kier alpha value is -2.02. The molecular weight excluding hydrogens is 220 g/mol. The van der Waals surface area contributed by atoms with Gasteiger partial charge in [0.15, 0.2) is 0 Å². The van der Waals surface area contributed by atoms with Crippen LogP contribution in [0.3, 0.4) is 0 Å². The molecule has 0 fully saturated rings. The molecule has 0 aromatic heterocycles. The Morgan fingerprint density at radius 3 is 2.61 bits per heavy atom. The SMILES string of the molecule is CCc1cccc(OCC=Cc2ccccc2)c1. The van der Waals surface area contributed by atoms with E-state index in [0.29, 0.717) is 6.61 Å². The Morgan fingerprint density at radius 1 is 1.00 bits per heavy atom. The van der Waals surface area contributed by atoms with Gasteiger partial charge >= 0.3 is 0 Å². The van der Waals surface area contributed by atoms with E-state index in [1.54, 1.807) is 0 Å². The maximum absolute atomic E-state index is 5.68. The Bertz CT molecular complexity index is 500. The molecule has 0 N–H and O–H groups in total. The van der Waals surface area contributed by atoms with Crippen LogP contribution in [-0.4, -0.2) is 6.61 Å². The van der Waals surface area contributed by atoms with E-state index in [4.69, 9.17) is 4.74 Å².